The predicted molar refractivity (Wildman–Crippen MR) is 144 cm³/mol. The molecule has 0 N–H and O–H groups in total. The first-order chi connectivity index (χ1) is 16.1. The Hall–Kier alpha value is -1.32. The van der Waals surface area contributed by atoms with Gasteiger partial charge in [-0.05, 0) is 72.6 Å². The molecule has 0 aromatic carbocycles. The highest BCUT2D eigenvalue weighted by Crippen LogP contribution is 2.17. The van der Waals surface area contributed by atoms with Gasteiger partial charge in [0.15, 0.2) is 0 Å². The molecular formula is C30H56O4. The van der Waals surface area contributed by atoms with E-state index in [1.165, 1.54) is 57.8 Å². The Bertz CT molecular complexity index is 548. The summed E-state index contributed by atoms with van der Waals surface area (Å²) in [5.74, 6) is -0.121. The van der Waals surface area contributed by atoms with Gasteiger partial charge in [-0.2, -0.15) is 0 Å². The van der Waals surface area contributed by atoms with Crippen molar-refractivity contribution in [2.24, 2.45) is 0 Å². The van der Waals surface area contributed by atoms with Gasteiger partial charge in [-0.25, -0.2) is 0 Å². The minimum Gasteiger partial charge on any atom is -0.460 e. The van der Waals surface area contributed by atoms with E-state index < -0.39 is 0 Å². The number of esters is 2. The maximum absolute atomic E-state index is 11.8. The quantitative estimate of drug-likeness (QED) is 0.0880. The monoisotopic (exact) mass is 480 g/mol. The Morgan fingerprint density at radius 2 is 0.853 bits per heavy atom. The summed E-state index contributed by atoms with van der Waals surface area (Å²) in [5.41, 5.74) is -0.658. The van der Waals surface area contributed by atoms with Gasteiger partial charge in [-0.15, -0.1) is 0 Å². The van der Waals surface area contributed by atoms with E-state index in [1.807, 2.05) is 41.5 Å². The molecule has 0 rings (SSSR count). The first kappa shape index (κ1) is 32.7. The smallest absolute Gasteiger partial charge is 0.306 e. The fourth-order valence-corrected chi connectivity index (χ4v) is 3.59. The number of hydrogen-bond donors (Lipinski definition) is 0. The van der Waals surface area contributed by atoms with Crippen LogP contribution < -0.4 is 0 Å². The summed E-state index contributed by atoms with van der Waals surface area (Å²) < 4.78 is 10.9. The van der Waals surface area contributed by atoms with Crippen LogP contribution in [0.3, 0.4) is 0 Å². The van der Waals surface area contributed by atoms with Crippen LogP contribution in [0.2, 0.25) is 0 Å². The van der Waals surface area contributed by atoms with Crippen LogP contribution in [0, 0.1) is 0 Å². The minimum atomic E-state index is -0.336. The van der Waals surface area contributed by atoms with Crippen molar-refractivity contribution in [1.82, 2.24) is 0 Å². The van der Waals surface area contributed by atoms with Crippen molar-refractivity contribution < 1.29 is 19.1 Å². The van der Waals surface area contributed by atoms with Crippen molar-refractivity contribution in [2.75, 3.05) is 0 Å². The molecule has 200 valence electrons. The average molecular weight is 481 g/mol. The van der Waals surface area contributed by atoms with E-state index in [4.69, 9.17) is 9.47 Å². The first-order valence-corrected chi connectivity index (χ1v) is 14.2. The summed E-state index contributed by atoms with van der Waals surface area (Å²) in [7, 11) is 0. The maximum Gasteiger partial charge on any atom is 0.306 e. The SMILES string of the molecule is CCC(C)(C)OC(=O)CCC/C=C/CCCCCCCCCCCCCC(=O)OC(C)(C)CC. The van der Waals surface area contributed by atoms with Crippen LogP contribution in [0.4, 0.5) is 0 Å². The highest BCUT2D eigenvalue weighted by atomic mass is 16.6. The molecule has 4 nitrogen and oxygen atoms in total. The number of rotatable bonds is 22. The van der Waals surface area contributed by atoms with Gasteiger partial charge >= 0.3 is 11.9 Å². The van der Waals surface area contributed by atoms with E-state index >= 15 is 0 Å². The molecule has 0 spiro atoms. The normalized spacial score (nSPS) is 12.3. The van der Waals surface area contributed by atoms with Gasteiger partial charge < -0.3 is 9.47 Å². The molecule has 0 unspecified atom stereocenters. The van der Waals surface area contributed by atoms with Gasteiger partial charge in [0.2, 0.25) is 0 Å². The van der Waals surface area contributed by atoms with Gasteiger partial charge in [-0.1, -0.05) is 83.8 Å². The summed E-state index contributed by atoms with van der Waals surface area (Å²) in [6.45, 7) is 12.0. The summed E-state index contributed by atoms with van der Waals surface area (Å²) in [6, 6.07) is 0. The lowest BCUT2D eigenvalue weighted by atomic mass is 10.0. The summed E-state index contributed by atoms with van der Waals surface area (Å²) in [6.07, 6.45) is 24.1. The van der Waals surface area contributed by atoms with Crippen molar-refractivity contribution in [2.45, 2.75) is 168 Å². The molecule has 0 bridgehead atoms. The van der Waals surface area contributed by atoms with E-state index in [0.29, 0.717) is 12.8 Å². The van der Waals surface area contributed by atoms with Gasteiger partial charge in [0.05, 0.1) is 0 Å². The van der Waals surface area contributed by atoms with Gasteiger partial charge in [0, 0.05) is 12.8 Å². The number of ether oxygens (including phenoxy) is 2. The van der Waals surface area contributed by atoms with E-state index in [0.717, 1.165) is 44.9 Å². The largest absolute Gasteiger partial charge is 0.460 e. The number of carbonyl (C=O) groups excluding carboxylic acids is 2. The zero-order valence-corrected chi connectivity index (χ0v) is 23.5. The Morgan fingerprint density at radius 1 is 0.529 bits per heavy atom. The van der Waals surface area contributed by atoms with Crippen LogP contribution in [-0.2, 0) is 19.1 Å². The van der Waals surface area contributed by atoms with Gasteiger partial charge in [0.25, 0.3) is 0 Å². The van der Waals surface area contributed by atoms with E-state index in [2.05, 4.69) is 12.2 Å². The fourth-order valence-electron chi connectivity index (χ4n) is 3.59. The van der Waals surface area contributed by atoms with Crippen molar-refractivity contribution in [3.05, 3.63) is 12.2 Å². The predicted octanol–water partition coefficient (Wildman–Crippen LogP) is 9.25. The third-order valence-corrected chi connectivity index (χ3v) is 6.65. The summed E-state index contributed by atoms with van der Waals surface area (Å²) >= 11 is 0. The van der Waals surface area contributed by atoms with E-state index in [9.17, 15) is 9.59 Å². The van der Waals surface area contributed by atoms with Crippen LogP contribution in [0.5, 0.6) is 0 Å². The molecule has 0 saturated heterocycles. The molecule has 0 atom stereocenters. The molecule has 0 heterocycles. The van der Waals surface area contributed by atoms with E-state index in [1.54, 1.807) is 0 Å². The van der Waals surface area contributed by atoms with Gasteiger partial charge in [-0.3, -0.25) is 9.59 Å². The fraction of sp³-hybridized carbons (Fsp3) is 0.867. The molecule has 0 aromatic heterocycles. The van der Waals surface area contributed by atoms with Crippen LogP contribution in [-0.4, -0.2) is 23.1 Å². The third kappa shape index (κ3) is 21.2. The van der Waals surface area contributed by atoms with Crippen molar-refractivity contribution in [3.8, 4) is 0 Å². The average Bonchev–Trinajstić information content (AvgIpc) is 2.77. The van der Waals surface area contributed by atoms with Crippen molar-refractivity contribution in [3.63, 3.8) is 0 Å². The van der Waals surface area contributed by atoms with Crippen LogP contribution in [0.1, 0.15) is 157 Å². The lowest BCUT2D eigenvalue weighted by molar-refractivity contribution is -0.157. The second-order valence-corrected chi connectivity index (χ2v) is 11.0. The molecule has 4 heteroatoms. The second-order valence-electron chi connectivity index (χ2n) is 11.0. The summed E-state index contributed by atoms with van der Waals surface area (Å²) in [5, 5.41) is 0. The molecular weight excluding hydrogens is 424 g/mol. The maximum atomic E-state index is 11.8. The zero-order chi connectivity index (χ0) is 25.7. The minimum absolute atomic E-state index is 0.0454. The molecule has 0 aliphatic heterocycles. The molecule has 0 saturated carbocycles. The molecule has 34 heavy (non-hydrogen) atoms. The molecule has 0 amide bonds. The Morgan fingerprint density at radius 3 is 1.26 bits per heavy atom. The highest BCUT2D eigenvalue weighted by molar-refractivity contribution is 5.70. The lowest BCUT2D eigenvalue weighted by Gasteiger charge is -2.23. The van der Waals surface area contributed by atoms with Crippen LogP contribution >= 0.6 is 0 Å². The van der Waals surface area contributed by atoms with Crippen LogP contribution in [0.15, 0.2) is 12.2 Å². The van der Waals surface area contributed by atoms with Crippen molar-refractivity contribution >= 4 is 11.9 Å². The molecule has 0 aliphatic rings. The molecule has 0 fully saturated rings. The Balaban J connectivity index is 3.37. The molecule has 0 aromatic rings. The molecule has 0 radical (unpaired) electrons. The van der Waals surface area contributed by atoms with E-state index in [-0.39, 0.29) is 23.1 Å². The number of hydrogen-bond acceptors (Lipinski definition) is 4. The second kappa shape index (κ2) is 19.9. The Kier molecular flexibility index (Phi) is 19.2. The summed E-state index contributed by atoms with van der Waals surface area (Å²) in [4.78, 5) is 23.6. The number of carbonyl (C=O) groups is 2. The molecule has 0 aliphatic carbocycles. The van der Waals surface area contributed by atoms with Crippen LogP contribution in [0.25, 0.3) is 0 Å². The lowest BCUT2D eigenvalue weighted by Crippen LogP contribution is -2.26. The first-order valence-electron chi connectivity index (χ1n) is 14.2. The zero-order valence-electron chi connectivity index (χ0n) is 23.5. The number of unbranched alkanes of at least 4 members (excludes halogenated alkanes) is 12. The Labute approximate surface area is 211 Å². The third-order valence-electron chi connectivity index (χ3n) is 6.65. The number of allylic oxidation sites excluding steroid dienone is 2. The standard InChI is InChI=1S/C30H56O4/c1-7-29(3,4)33-27(31)25-23-21-19-17-15-13-11-9-10-12-14-16-18-20-22-24-26-28(32)34-30(5,6)8-2/h17,19H,7-16,18,20-26H2,1-6H3/b19-17+. The van der Waals surface area contributed by atoms with Crippen molar-refractivity contribution in [1.29, 1.82) is 0 Å². The van der Waals surface area contributed by atoms with Gasteiger partial charge in [0.1, 0.15) is 11.2 Å². The topological polar surface area (TPSA) is 52.6 Å². The highest BCUT2D eigenvalue weighted by Gasteiger charge is 2.20.